The number of carbonyl (C=O) groups is 1. The molecule has 0 aliphatic rings. The van der Waals surface area contributed by atoms with Gasteiger partial charge in [0.25, 0.3) is 0 Å². The molecule has 0 unspecified atom stereocenters. The molecule has 0 saturated carbocycles. The molecule has 1 aromatic heterocycles. The maximum absolute atomic E-state index is 10.6. The third kappa shape index (κ3) is 1.89. The minimum Gasteiger partial charge on any atom is -0.296 e. The number of aromatic nitrogens is 1. The molecule has 0 fully saturated rings. The zero-order valence-electron chi connectivity index (χ0n) is 8.90. The van der Waals surface area contributed by atoms with Gasteiger partial charge in [-0.3, -0.25) is 4.79 Å². The second-order valence-corrected chi connectivity index (χ2v) is 3.96. The lowest BCUT2D eigenvalue weighted by Crippen LogP contribution is -1.90. The van der Waals surface area contributed by atoms with Crippen molar-refractivity contribution in [3.63, 3.8) is 0 Å². The highest BCUT2D eigenvalue weighted by Crippen LogP contribution is 2.20. The zero-order chi connectivity index (χ0) is 10.8. The van der Waals surface area contributed by atoms with Crippen LogP contribution in [0.1, 0.15) is 35.8 Å². The standard InChI is InChI=1S/C13H13NO/c1-9(2)10-4-6-13-11(7-10)3-5-12(8-15)14-13/h3-9H,1-2H3. The molecular weight excluding hydrogens is 186 g/mol. The van der Waals surface area contributed by atoms with E-state index in [1.807, 2.05) is 12.1 Å². The summed E-state index contributed by atoms with van der Waals surface area (Å²) in [6, 6.07) is 9.85. The fourth-order valence-electron chi connectivity index (χ4n) is 1.58. The van der Waals surface area contributed by atoms with E-state index in [-0.39, 0.29) is 0 Å². The summed E-state index contributed by atoms with van der Waals surface area (Å²) in [5, 5.41) is 1.09. The van der Waals surface area contributed by atoms with E-state index in [2.05, 4.69) is 31.0 Å². The summed E-state index contributed by atoms with van der Waals surface area (Å²) >= 11 is 0. The second kappa shape index (κ2) is 3.81. The monoisotopic (exact) mass is 199 g/mol. The molecular formula is C13H13NO. The molecule has 0 radical (unpaired) electrons. The number of hydrogen-bond donors (Lipinski definition) is 0. The van der Waals surface area contributed by atoms with Crippen LogP contribution in [0.25, 0.3) is 10.9 Å². The number of hydrogen-bond acceptors (Lipinski definition) is 2. The predicted octanol–water partition coefficient (Wildman–Crippen LogP) is 3.17. The number of pyridine rings is 1. The summed E-state index contributed by atoms with van der Waals surface area (Å²) in [7, 11) is 0. The van der Waals surface area contributed by atoms with Gasteiger partial charge in [-0.2, -0.15) is 0 Å². The first-order valence-electron chi connectivity index (χ1n) is 5.06. The van der Waals surface area contributed by atoms with E-state index in [4.69, 9.17) is 0 Å². The Morgan fingerprint density at radius 2 is 2.00 bits per heavy atom. The molecule has 2 heteroatoms. The summed E-state index contributed by atoms with van der Waals surface area (Å²) in [5.41, 5.74) is 2.66. The molecule has 0 aliphatic heterocycles. The van der Waals surface area contributed by atoms with Gasteiger partial charge >= 0.3 is 0 Å². The van der Waals surface area contributed by atoms with E-state index in [1.54, 1.807) is 6.07 Å². The van der Waals surface area contributed by atoms with E-state index in [9.17, 15) is 4.79 Å². The molecule has 0 spiro atoms. The van der Waals surface area contributed by atoms with E-state index < -0.39 is 0 Å². The SMILES string of the molecule is CC(C)c1ccc2nc(C=O)ccc2c1. The Labute approximate surface area is 89.0 Å². The van der Waals surface area contributed by atoms with Crippen LogP contribution in [0, 0.1) is 0 Å². The van der Waals surface area contributed by atoms with Crippen LogP contribution in [0.15, 0.2) is 30.3 Å². The Bertz CT molecular complexity index is 503. The lowest BCUT2D eigenvalue weighted by atomic mass is 10.0. The van der Waals surface area contributed by atoms with Gasteiger partial charge in [-0.15, -0.1) is 0 Å². The number of carbonyl (C=O) groups excluding carboxylic acids is 1. The topological polar surface area (TPSA) is 30.0 Å². The van der Waals surface area contributed by atoms with Gasteiger partial charge in [0.05, 0.1) is 5.52 Å². The van der Waals surface area contributed by atoms with Gasteiger partial charge in [-0.25, -0.2) is 4.98 Å². The molecule has 1 aromatic carbocycles. The van der Waals surface area contributed by atoms with Crippen LogP contribution in [0.5, 0.6) is 0 Å². The molecule has 0 N–H and O–H groups in total. The molecule has 0 amide bonds. The summed E-state index contributed by atoms with van der Waals surface area (Å²) in [6.07, 6.45) is 0.774. The highest BCUT2D eigenvalue weighted by molar-refractivity contribution is 5.83. The maximum atomic E-state index is 10.6. The first-order valence-corrected chi connectivity index (χ1v) is 5.06. The molecule has 0 aliphatic carbocycles. The minimum atomic E-state index is 0.486. The first-order chi connectivity index (χ1) is 7.20. The Hall–Kier alpha value is -1.70. The quantitative estimate of drug-likeness (QED) is 0.695. The van der Waals surface area contributed by atoms with Gasteiger partial charge in [-0.1, -0.05) is 26.0 Å². The Balaban J connectivity index is 2.59. The van der Waals surface area contributed by atoms with Crippen molar-refractivity contribution in [3.8, 4) is 0 Å². The van der Waals surface area contributed by atoms with Crippen LogP contribution in [0.4, 0.5) is 0 Å². The lowest BCUT2D eigenvalue weighted by molar-refractivity contribution is 0.111. The largest absolute Gasteiger partial charge is 0.296 e. The van der Waals surface area contributed by atoms with Crippen LogP contribution in [0.3, 0.4) is 0 Å². The lowest BCUT2D eigenvalue weighted by Gasteiger charge is -2.06. The highest BCUT2D eigenvalue weighted by Gasteiger charge is 2.02. The molecule has 0 saturated heterocycles. The summed E-state index contributed by atoms with van der Waals surface area (Å²) < 4.78 is 0. The molecule has 2 rings (SSSR count). The molecule has 2 nitrogen and oxygen atoms in total. The predicted molar refractivity (Wildman–Crippen MR) is 61.2 cm³/mol. The minimum absolute atomic E-state index is 0.486. The number of nitrogens with zero attached hydrogens (tertiary/aromatic N) is 1. The summed E-state index contributed by atoms with van der Waals surface area (Å²) in [4.78, 5) is 14.8. The van der Waals surface area contributed by atoms with Gasteiger partial charge in [-0.05, 0) is 29.7 Å². The maximum Gasteiger partial charge on any atom is 0.168 e. The van der Waals surface area contributed by atoms with Crippen molar-refractivity contribution < 1.29 is 4.79 Å². The Kier molecular flexibility index (Phi) is 2.50. The normalized spacial score (nSPS) is 10.9. The number of benzene rings is 1. The van der Waals surface area contributed by atoms with Crippen LogP contribution >= 0.6 is 0 Å². The number of aldehydes is 1. The van der Waals surface area contributed by atoms with Crippen LogP contribution < -0.4 is 0 Å². The van der Waals surface area contributed by atoms with E-state index in [0.29, 0.717) is 11.6 Å². The first kappa shape index (κ1) is 9.84. The van der Waals surface area contributed by atoms with Crippen LogP contribution in [-0.2, 0) is 0 Å². The summed E-state index contributed by atoms with van der Waals surface area (Å²) in [5.74, 6) is 0.514. The Morgan fingerprint density at radius 3 is 2.67 bits per heavy atom. The zero-order valence-corrected chi connectivity index (χ0v) is 8.90. The Morgan fingerprint density at radius 1 is 1.20 bits per heavy atom. The smallest absolute Gasteiger partial charge is 0.168 e. The van der Waals surface area contributed by atoms with Crippen molar-refractivity contribution in [2.24, 2.45) is 0 Å². The highest BCUT2D eigenvalue weighted by atomic mass is 16.1. The molecule has 15 heavy (non-hydrogen) atoms. The van der Waals surface area contributed by atoms with Gasteiger partial charge in [0.15, 0.2) is 6.29 Å². The van der Waals surface area contributed by atoms with Crippen molar-refractivity contribution in [3.05, 3.63) is 41.6 Å². The van der Waals surface area contributed by atoms with E-state index in [0.717, 1.165) is 17.2 Å². The second-order valence-electron chi connectivity index (χ2n) is 3.96. The third-order valence-electron chi connectivity index (χ3n) is 2.52. The fraction of sp³-hybridized carbons (Fsp3) is 0.231. The molecule has 1 heterocycles. The van der Waals surface area contributed by atoms with Gasteiger partial charge in [0, 0.05) is 5.39 Å². The molecule has 0 atom stereocenters. The van der Waals surface area contributed by atoms with Crippen LogP contribution in [0.2, 0.25) is 0 Å². The van der Waals surface area contributed by atoms with E-state index >= 15 is 0 Å². The number of fused-ring (bicyclic) bond motifs is 1. The van der Waals surface area contributed by atoms with Crippen LogP contribution in [-0.4, -0.2) is 11.3 Å². The van der Waals surface area contributed by atoms with E-state index in [1.165, 1.54) is 5.56 Å². The molecule has 0 bridgehead atoms. The number of rotatable bonds is 2. The third-order valence-corrected chi connectivity index (χ3v) is 2.52. The van der Waals surface area contributed by atoms with Gasteiger partial charge in [0.1, 0.15) is 5.69 Å². The van der Waals surface area contributed by atoms with Crippen molar-refractivity contribution >= 4 is 17.2 Å². The average molecular weight is 199 g/mol. The summed E-state index contributed by atoms with van der Waals surface area (Å²) in [6.45, 7) is 4.32. The van der Waals surface area contributed by atoms with Gasteiger partial charge in [0.2, 0.25) is 0 Å². The van der Waals surface area contributed by atoms with Crippen molar-refractivity contribution in [1.82, 2.24) is 4.98 Å². The average Bonchev–Trinajstić information content (AvgIpc) is 2.27. The van der Waals surface area contributed by atoms with Crippen molar-refractivity contribution in [2.75, 3.05) is 0 Å². The fourth-order valence-corrected chi connectivity index (χ4v) is 1.58. The van der Waals surface area contributed by atoms with Gasteiger partial charge < -0.3 is 0 Å². The molecule has 2 aromatic rings. The molecule has 76 valence electrons. The van der Waals surface area contributed by atoms with Crippen molar-refractivity contribution in [2.45, 2.75) is 19.8 Å². The van der Waals surface area contributed by atoms with Crippen molar-refractivity contribution in [1.29, 1.82) is 0 Å².